The summed E-state index contributed by atoms with van der Waals surface area (Å²) in [6.07, 6.45) is 0.640. The van der Waals surface area contributed by atoms with Crippen molar-refractivity contribution >= 4 is 67.6 Å². The molecule has 2 N–H and O–H groups in total. The normalized spacial score (nSPS) is 10.0. The summed E-state index contributed by atoms with van der Waals surface area (Å²) in [4.78, 5) is 10.4. The van der Waals surface area contributed by atoms with Crippen LogP contribution in [-0.2, 0) is 15.1 Å². The summed E-state index contributed by atoms with van der Waals surface area (Å²) in [5, 5.41) is 0. The van der Waals surface area contributed by atoms with Gasteiger partial charge in [-0.05, 0) is 6.42 Å². The van der Waals surface area contributed by atoms with Gasteiger partial charge in [-0.2, -0.15) is 8.42 Å². The Morgan fingerprint density at radius 3 is 2.27 bits per heavy atom. The fourth-order valence-corrected chi connectivity index (χ4v) is 0.812. The molecule has 0 radical (unpaired) electrons. The van der Waals surface area contributed by atoms with Gasteiger partial charge >= 0.3 is 61.7 Å². The Balaban J connectivity index is 0. The van der Waals surface area contributed by atoms with Crippen molar-refractivity contribution in [1.29, 1.82) is 0 Å². The molecule has 7 heteroatoms. The van der Waals surface area contributed by atoms with Crippen molar-refractivity contribution in [3.8, 4) is 0 Å². The van der Waals surface area contributed by atoms with E-state index in [1.807, 2.05) is 0 Å². The molecule has 0 heterocycles. The second-order valence-corrected chi connectivity index (χ2v) is 2.90. The maximum atomic E-state index is 10.4. The van der Waals surface area contributed by atoms with Gasteiger partial charge in [0.1, 0.15) is 0 Å². The molecule has 1 amide bonds. The van der Waals surface area contributed by atoms with Crippen LogP contribution in [0.1, 0.15) is 19.8 Å². The molecule has 0 saturated heterocycles. The molecule has 0 saturated carbocycles. The summed E-state index contributed by atoms with van der Waals surface area (Å²) in [5.41, 5.74) is 0. The molecule has 0 aromatic carbocycles. The average Bonchev–Trinajstić information content (AvgIpc) is 1.59. The van der Waals surface area contributed by atoms with Gasteiger partial charge in [-0.15, -0.1) is 0 Å². The van der Waals surface area contributed by atoms with E-state index in [4.69, 9.17) is 4.55 Å². The zero-order valence-corrected chi connectivity index (χ0v) is 6.31. The van der Waals surface area contributed by atoms with Gasteiger partial charge in [0.2, 0.25) is 5.91 Å². The van der Waals surface area contributed by atoms with Crippen molar-refractivity contribution in [2.24, 2.45) is 0 Å². The summed E-state index contributed by atoms with van der Waals surface area (Å²) in [5.74, 6) is -0.690. The predicted molar refractivity (Wildman–Crippen MR) is 41.7 cm³/mol. The van der Waals surface area contributed by atoms with Crippen molar-refractivity contribution in [2.75, 3.05) is 0 Å². The van der Waals surface area contributed by atoms with Crippen LogP contribution in [0, 0.1) is 0 Å². The number of carbonyl (C=O) groups excluding carboxylic acids is 1. The Labute approximate surface area is 108 Å². The van der Waals surface area contributed by atoms with Gasteiger partial charge in [0.15, 0.2) is 0 Å². The Bertz CT molecular complexity index is 212. The molecule has 0 spiro atoms. The quantitative estimate of drug-likeness (QED) is 0.462. The molecule has 0 atom stereocenters. The van der Waals surface area contributed by atoms with Crippen molar-refractivity contribution in [3.63, 3.8) is 0 Å². The van der Waals surface area contributed by atoms with Crippen LogP contribution in [0.25, 0.3) is 0 Å². The predicted octanol–water partition coefficient (Wildman–Crippen LogP) is -0.943. The van der Waals surface area contributed by atoms with Crippen molar-refractivity contribution < 1.29 is 17.8 Å². The second kappa shape index (κ2) is 6.52. The molecular formula is C4H10KNO4S. The third-order valence-corrected chi connectivity index (χ3v) is 1.21. The third kappa shape index (κ3) is 11.0. The van der Waals surface area contributed by atoms with E-state index in [0.29, 0.717) is 6.42 Å². The summed E-state index contributed by atoms with van der Waals surface area (Å²) >= 11 is 0. The molecular weight excluding hydrogens is 197 g/mol. The Morgan fingerprint density at radius 2 is 2.00 bits per heavy atom. The van der Waals surface area contributed by atoms with Crippen LogP contribution in [0.15, 0.2) is 0 Å². The Hall–Kier alpha value is 1.02. The van der Waals surface area contributed by atoms with E-state index in [1.165, 1.54) is 4.72 Å². The summed E-state index contributed by atoms with van der Waals surface area (Å²) in [6, 6.07) is 0. The molecule has 0 bridgehead atoms. The van der Waals surface area contributed by atoms with Crippen LogP contribution >= 0.6 is 0 Å². The molecule has 0 aromatic heterocycles. The Kier molecular flexibility index (Phi) is 8.62. The molecule has 0 fully saturated rings. The molecule has 0 aliphatic heterocycles. The first kappa shape index (κ1) is 14.5. The fourth-order valence-electron chi connectivity index (χ4n) is 0.422. The van der Waals surface area contributed by atoms with Gasteiger partial charge in [-0.1, -0.05) is 6.92 Å². The van der Waals surface area contributed by atoms with Crippen molar-refractivity contribution in [1.82, 2.24) is 4.72 Å². The number of rotatable bonds is 3. The molecule has 62 valence electrons. The molecule has 11 heavy (non-hydrogen) atoms. The van der Waals surface area contributed by atoms with Gasteiger partial charge in [0, 0.05) is 6.42 Å². The van der Waals surface area contributed by atoms with E-state index in [0.717, 1.165) is 0 Å². The fraction of sp³-hybridized carbons (Fsp3) is 0.750. The summed E-state index contributed by atoms with van der Waals surface area (Å²) in [7, 11) is -4.35. The molecule has 0 rings (SSSR count). The molecule has 0 aliphatic rings. The van der Waals surface area contributed by atoms with Gasteiger partial charge in [-0.25, -0.2) is 4.72 Å². The van der Waals surface area contributed by atoms with E-state index in [9.17, 15) is 13.2 Å². The van der Waals surface area contributed by atoms with Gasteiger partial charge in [0.05, 0.1) is 0 Å². The number of hydrogen-bond donors (Lipinski definition) is 2. The van der Waals surface area contributed by atoms with Crippen LogP contribution < -0.4 is 4.72 Å². The minimum absolute atomic E-state index is 0. The SMILES string of the molecule is CCCC(=O)NS(=O)(=O)O.[KH]. The topological polar surface area (TPSA) is 83.5 Å². The monoisotopic (exact) mass is 207 g/mol. The number of hydrogen-bond acceptors (Lipinski definition) is 3. The molecule has 0 aliphatic carbocycles. The average molecular weight is 207 g/mol. The molecule has 0 unspecified atom stereocenters. The zero-order chi connectivity index (χ0) is 8.20. The maximum absolute atomic E-state index is 10.4. The van der Waals surface area contributed by atoms with E-state index < -0.39 is 16.2 Å². The van der Waals surface area contributed by atoms with Gasteiger partial charge < -0.3 is 0 Å². The van der Waals surface area contributed by atoms with Crippen LogP contribution in [0.4, 0.5) is 0 Å². The second-order valence-electron chi connectivity index (χ2n) is 1.75. The number of carbonyl (C=O) groups is 1. The summed E-state index contributed by atoms with van der Waals surface area (Å²) in [6.45, 7) is 1.73. The van der Waals surface area contributed by atoms with E-state index in [1.54, 1.807) is 6.92 Å². The van der Waals surface area contributed by atoms with Crippen molar-refractivity contribution in [3.05, 3.63) is 0 Å². The van der Waals surface area contributed by atoms with Gasteiger partial charge in [0.25, 0.3) is 0 Å². The van der Waals surface area contributed by atoms with Crippen molar-refractivity contribution in [2.45, 2.75) is 19.8 Å². The van der Waals surface area contributed by atoms with Crippen LogP contribution in [0.2, 0.25) is 0 Å². The van der Waals surface area contributed by atoms with E-state index in [-0.39, 0.29) is 57.8 Å². The minimum atomic E-state index is -4.35. The molecule has 5 nitrogen and oxygen atoms in total. The van der Waals surface area contributed by atoms with Crippen LogP contribution in [0.3, 0.4) is 0 Å². The third-order valence-electron chi connectivity index (χ3n) is 0.720. The Morgan fingerprint density at radius 1 is 1.55 bits per heavy atom. The first-order valence-electron chi connectivity index (χ1n) is 2.73. The van der Waals surface area contributed by atoms with Crippen LogP contribution in [-0.4, -0.2) is 70.3 Å². The first-order valence-corrected chi connectivity index (χ1v) is 4.17. The zero-order valence-electron chi connectivity index (χ0n) is 5.49. The number of nitrogens with one attached hydrogen (secondary N) is 1. The van der Waals surface area contributed by atoms with Crippen LogP contribution in [0.5, 0.6) is 0 Å². The van der Waals surface area contributed by atoms with E-state index >= 15 is 0 Å². The number of amides is 1. The van der Waals surface area contributed by atoms with Gasteiger partial charge in [-0.3, -0.25) is 9.35 Å². The van der Waals surface area contributed by atoms with E-state index in [2.05, 4.69) is 0 Å². The molecule has 0 aromatic rings. The standard InChI is InChI=1S/C4H9NO4S.K.H/c1-2-3-4(6)5-10(7,8)9;;/h2-3H2,1H3,(H,5,6)(H,7,8,9);;. The summed E-state index contributed by atoms with van der Waals surface area (Å²) < 4.78 is 29.3. The first-order chi connectivity index (χ1) is 4.45.